The number of nitrogens with zero attached hydrogens (tertiary/aromatic N) is 2. The summed E-state index contributed by atoms with van der Waals surface area (Å²) in [5.74, 6) is 0.638. The normalized spacial score (nSPS) is 27.3. The number of sulfonamides is 1. The molecular formula is C29H36N2O5S. The third kappa shape index (κ3) is 3.56. The molecule has 1 amide bonds. The Morgan fingerprint density at radius 3 is 2.46 bits per heavy atom. The van der Waals surface area contributed by atoms with E-state index < -0.39 is 32.8 Å². The van der Waals surface area contributed by atoms with Crippen LogP contribution >= 0.6 is 0 Å². The number of anilines is 1. The average Bonchev–Trinajstić information content (AvgIpc) is 3.32. The molecule has 1 aliphatic carbocycles. The minimum absolute atomic E-state index is 0.0299. The topological polar surface area (TPSA) is 76.2 Å². The zero-order valence-corrected chi connectivity index (χ0v) is 23.1. The Labute approximate surface area is 220 Å². The van der Waals surface area contributed by atoms with Crippen LogP contribution in [-0.2, 0) is 20.2 Å². The van der Waals surface area contributed by atoms with Crippen LogP contribution in [0.25, 0.3) is 0 Å². The molecule has 0 bridgehead atoms. The van der Waals surface area contributed by atoms with Crippen LogP contribution in [0.1, 0.15) is 57.6 Å². The predicted octanol–water partition coefficient (Wildman–Crippen LogP) is 5.77. The van der Waals surface area contributed by atoms with Gasteiger partial charge in [0, 0.05) is 12.0 Å². The number of methoxy groups -OCH3 is 1. The van der Waals surface area contributed by atoms with Crippen LogP contribution in [0.3, 0.4) is 0 Å². The molecule has 0 aromatic heterocycles. The second-order valence-electron chi connectivity index (χ2n) is 11.4. The Morgan fingerprint density at radius 1 is 1.14 bits per heavy atom. The maximum atomic E-state index is 14.4. The molecule has 3 atom stereocenters. The molecule has 1 saturated heterocycles. The standard InChI is InChI=1S/C29H36N2O5S/c1-7-21-9-8-16-29-28(21,17-18-30(29)37(33,34)23-13-10-20(2)11-14-23)24-19-22(35-6)12-15-25(24)31(29)26(32)36-27(3,4)5/h7,10-15,19,21H,1,8-9,16-18H2,2-6H3/t21?,28-,29-/m1/s1. The van der Waals surface area contributed by atoms with Crippen molar-refractivity contribution in [2.45, 2.75) is 75.0 Å². The number of amides is 1. The summed E-state index contributed by atoms with van der Waals surface area (Å²) >= 11 is 0. The van der Waals surface area contributed by atoms with E-state index in [0.29, 0.717) is 24.3 Å². The first-order valence-corrected chi connectivity index (χ1v) is 14.3. The van der Waals surface area contributed by atoms with Gasteiger partial charge in [-0.3, -0.25) is 4.90 Å². The monoisotopic (exact) mass is 524 g/mol. The van der Waals surface area contributed by atoms with Crippen LogP contribution in [0.4, 0.5) is 10.5 Å². The SMILES string of the molecule is C=CC1CCC[C@@]23N(C(=O)OC(C)(C)C)c4ccc(OC)cc4[C@@]12CCN3S(=O)(=O)c1ccc(C)cc1. The van der Waals surface area contributed by atoms with E-state index in [1.165, 1.54) is 0 Å². The number of carbonyl (C=O) groups excluding carboxylic acids is 1. The van der Waals surface area contributed by atoms with E-state index in [1.807, 2.05) is 52.0 Å². The van der Waals surface area contributed by atoms with E-state index in [4.69, 9.17) is 9.47 Å². The van der Waals surface area contributed by atoms with Crippen LogP contribution in [-0.4, -0.2) is 43.7 Å². The molecule has 37 heavy (non-hydrogen) atoms. The highest BCUT2D eigenvalue weighted by Gasteiger charge is 2.75. The summed E-state index contributed by atoms with van der Waals surface area (Å²) < 4.78 is 41.8. The van der Waals surface area contributed by atoms with Crippen molar-refractivity contribution in [3.05, 3.63) is 66.2 Å². The van der Waals surface area contributed by atoms with Crippen molar-refractivity contribution in [2.75, 3.05) is 18.6 Å². The van der Waals surface area contributed by atoms with E-state index >= 15 is 0 Å². The van der Waals surface area contributed by atoms with Gasteiger partial charge in [0.2, 0.25) is 10.0 Å². The molecule has 2 heterocycles. The van der Waals surface area contributed by atoms with Crippen molar-refractivity contribution in [3.63, 3.8) is 0 Å². The molecule has 0 N–H and O–H groups in total. The van der Waals surface area contributed by atoms with Gasteiger partial charge in [-0.1, -0.05) is 23.8 Å². The molecule has 8 heteroatoms. The summed E-state index contributed by atoms with van der Waals surface area (Å²) in [4.78, 5) is 15.9. The fourth-order valence-electron chi connectivity index (χ4n) is 6.93. The quantitative estimate of drug-likeness (QED) is 0.475. The third-order valence-corrected chi connectivity index (χ3v) is 10.2. The van der Waals surface area contributed by atoms with Gasteiger partial charge in [-0.2, -0.15) is 4.31 Å². The summed E-state index contributed by atoms with van der Waals surface area (Å²) in [6, 6.07) is 12.6. The van der Waals surface area contributed by atoms with Crippen molar-refractivity contribution >= 4 is 21.8 Å². The smallest absolute Gasteiger partial charge is 0.416 e. The molecule has 3 aliphatic rings. The summed E-state index contributed by atoms with van der Waals surface area (Å²) in [6.45, 7) is 11.8. The summed E-state index contributed by atoms with van der Waals surface area (Å²) in [5, 5.41) is 0. The number of rotatable bonds is 4. The molecule has 2 aromatic carbocycles. The second-order valence-corrected chi connectivity index (χ2v) is 13.2. The highest BCUT2D eigenvalue weighted by atomic mass is 32.2. The number of hydrogen-bond donors (Lipinski definition) is 0. The van der Waals surface area contributed by atoms with Gasteiger partial charge in [-0.15, -0.1) is 6.58 Å². The van der Waals surface area contributed by atoms with Crippen molar-refractivity contribution < 1.29 is 22.7 Å². The second kappa shape index (κ2) is 8.60. The first kappa shape index (κ1) is 25.8. The van der Waals surface area contributed by atoms with E-state index in [1.54, 1.807) is 40.6 Å². The van der Waals surface area contributed by atoms with E-state index in [0.717, 1.165) is 24.0 Å². The number of aryl methyl sites for hydroxylation is 1. The first-order valence-electron chi connectivity index (χ1n) is 12.9. The Bertz CT molecular complexity index is 1350. The lowest BCUT2D eigenvalue weighted by Gasteiger charge is -2.54. The molecule has 1 saturated carbocycles. The molecule has 198 valence electrons. The molecule has 1 unspecified atom stereocenters. The molecular weight excluding hydrogens is 488 g/mol. The van der Waals surface area contributed by atoms with Crippen LogP contribution in [0.15, 0.2) is 60.0 Å². The van der Waals surface area contributed by atoms with E-state index in [2.05, 4.69) is 6.58 Å². The zero-order valence-electron chi connectivity index (χ0n) is 22.3. The Morgan fingerprint density at radius 2 is 1.84 bits per heavy atom. The molecule has 5 rings (SSSR count). The maximum absolute atomic E-state index is 14.4. The Balaban J connectivity index is 1.80. The molecule has 7 nitrogen and oxygen atoms in total. The first-order chi connectivity index (χ1) is 17.4. The number of hydrogen-bond acceptors (Lipinski definition) is 5. The van der Waals surface area contributed by atoms with Crippen molar-refractivity contribution in [2.24, 2.45) is 5.92 Å². The highest BCUT2D eigenvalue weighted by molar-refractivity contribution is 7.89. The van der Waals surface area contributed by atoms with Crippen molar-refractivity contribution in [1.82, 2.24) is 4.31 Å². The van der Waals surface area contributed by atoms with E-state index in [-0.39, 0.29) is 17.4 Å². The largest absolute Gasteiger partial charge is 0.497 e. The van der Waals surface area contributed by atoms with Gasteiger partial charge in [0.1, 0.15) is 17.0 Å². The molecule has 0 spiro atoms. The van der Waals surface area contributed by atoms with Crippen LogP contribution in [0.5, 0.6) is 5.75 Å². The number of allylic oxidation sites excluding steroid dienone is 1. The number of fused-ring (bicyclic) bond motifs is 1. The number of benzene rings is 2. The van der Waals surface area contributed by atoms with Gasteiger partial charge in [-0.25, -0.2) is 13.2 Å². The Hall–Kier alpha value is -2.84. The van der Waals surface area contributed by atoms with E-state index in [9.17, 15) is 13.2 Å². The minimum Gasteiger partial charge on any atom is -0.497 e. The minimum atomic E-state index is -3.95. The third-order valence-electron chi connectivity index (χ3n) is 8.27. The average molecular weight is 525 g/mol. The highest BCUT2D eigenvalue weighted by Crippen LogP contribution is 2.68. The van der Waals surface area contributed by atoms with Gasteiger partial charge in [0.25, 0.3) is 0 Å². The van der Waals surface area contributed by atoms with Crippen molar-refractivity contribution in [3.8, 4) is 5.75 Å². The molecule has 2 fully saturated rings. The van der Waals surface area contributed by atoms with Gasteiger partial charge >= 0.3 is 6.09 Å². The van der Waals surface area contributed by atoms with Gasteiger partial charge in [0.05, 0.1) is 17.7 Å². The lowest BCUT2D eigenvalue weighted by Crippen LogP contribution is -2.69. The van der Waals surface area contributed by atoms with Gasteiger partial charge in [0.15, 0.2) is 0 Å². The van der Waals surface area contributed by atoms with Crippen molar-refractivity contribution in [1.29, 1.82) is 0 Å². The number of ether oxygens (including phenoxy) is 2. The fraction of sp³-hybridized carbons (Fsp3) is 0.483. The van der Waals surface area contributed by atoms with Gasteiger partial charge < -0.3 is 9.47 Å². The Kier molecular flexibility index (Phi) is 5.99. The lowest BCUT2D eigenvalue weighted by atomic mass is 9.58. The summed E-state index contributed by atoms with van der Waals surface area (Å²) in [7, 11) is -2.34. The molecule has 0 radical (unpaired) electrons. The fourth-order valence-corrected chi connectivity index (χ4v) is 8.73. The van der Waals surface area contributed by atoms with Crippen LogP contribution < -0.4 is 9.64 Å². The van der Waals surface area contributed by atoms with Gasteiger partial charge in [-0.05, 0) is 95.2 Å². The van der Waals surface area contributed by atoms with Crippen LogP contribution in [0, 0.1) is 12.8 Å². The number of carbonyl (C=O) groups is 1. The maximum Gasteiger partial charge on any atom is 0.416 e. The summed E-state index contributed by atoms with van der Waals surface area (Å²) in [5.41, 5.74) is -0.0159. The molecule has 2 aliphatic heterocycles. The zero-order chi connectivity index (χ0) is 26.8. The van der Waals surface area contributed by atoms with Crippen LogP contribution in [0.2, 0.25) is 0 Å². The molecule has 2 aromatic rings. The predicted molar refractivity (Wildman–Crippen MR) is 143 cm³/mol. The lowest BCUT2D eigenvalue weighted by molar-refractivity contribution is 0.0313. The summed E-state index contributed by atoms with van der Waals surface area (Å²) in [6.07, 6.45) is 4.08.